The Morgan fingerprint density at radius 2 is 2.07 bits per heavy atom. The van der Waals surface area contributed by atoms with E-state index in [1.807, 2.05) is 12.4 Å². The molecule has 0 saturated heterocycles. The molecule has 0 unspecified atom stereocenters. The molecule has 84 valence electrons. The summed E-state index contributed by atoms with van der Waals surface area (Å²) < 4.78 is 33.3. The summed E-state index contributed by atoms with van der Waals surface area (Å²) in [7, 11) is 3.35. The second-order valence-electron chi connectivity index (χ2n) is 2.98. The van der Waals surface area contributed by atoms with E-state index in [2.05, 4.69) is 4.74 Å². The van der Waals surface area contributed by atoms with Crippen LogP contribution in [0.15, 0.2) is 18.2 Å². The molecular formula is C10H14F2NO2+. The number of hydrogen-bond donors (Lipinski definition) is 1. The van der Waals surface area contributed by atoms with Crippen LogP contribution in [0.5, 0.6) is 11.5 Å². The minimum absolute atomic E-state index is 0.0624. The van der Waals surface area contributed by atoms with Crippen LogP contribution >= 0.6 is 0 Å². The van der Waals surface area contributed by atoms with Gasteiger partial charge in [-0.25, -0.2) is 0 Å². The van der Waals surface area contributed by atoms with Gasteiger partial charge in [0.25, 0.3) is 0 Å². The summed E-state index contributed by atoms with van der Waals surface area (Å²) in [6.07, 6.45) is 0. The van der Waals surface area contributed by atoms with Gasteiger partial charge in [0.1, 0.15) is 6.54 Å². The zero-order chi connectivity index (χ0) is 11.3. The van der Waals surface area contributed by atoms with Gasteiger partial charge in [0.15, 0.2) is 11.5 Å². The lowest BCUT2D eigenvalue weighted by Crippen LogP contribution is -2.77. The summed E-state index contributed by atoms with van der Waals surface area (Å²) in [5, 5.41) is 1.97. The molecule has 0 saturated carbocycles. The third-order valence-corrected chi connectivity index (χ3v) is 1.88. The minimum Gasteiger partial charge on any atom is -0.493 e. The SMILES string of the molecule is C[NH2+]Cc1ccc(OC(F)F)c(OC)c1. The van der Waals surface area contributed by atoms with Crippen LogP contribution < -0.4 is 14.8 Å². The van der Waals surface area contributed by atoms with Crippen LogP contribution in [-0.4, -0.2) is 20.8 Å². The average molecular weight is 218 g/mol. The molecule has 0 aliphatic carbocycles. The van der Waals surface area contributed by atoms with Crippen LogP contribution in [0.2, 0.25) is 0 Å². The molecule has 0 spiro atoms. The Labute approximate surface area is 87.0 Å². The molecule has 2 N–H and O–H groups in total. The lowest BCUT2D eigenvalue weighted by Gasteiger charge is -2.10. The molecule has 0 amide bonds. The minimum atomic E-state index is -2.83. The van der Waals surface area contributed by atoms with Crippen molar-refractivity contribution in [1.82, 2.24) is 0 Å². The molecule has 0 aliphatic rings. The van der Waals surface area contributed by atoms with E-state index in [4.69, 9.17) is 4.74 Å². The van der Waals surface area contributed by atoms with Gasteiger partial charge in [-0.15, -0.1) is 0 Å². The predicted molar refractivity (Wildman–Crippen MR) is 51.2 cm³/mol. The van der Waals surface area contributed by atoms with Crippen LogP contribution in [0.25, 0.3) is 0 Å². The first kappa shape index (κ1) is 11.7. The first-order chi connectivity index (χ1) is 7.17. The summed E-state index contributed by atoms with van der Waals surface area (Å²) in [4.78, 5) is 0. The third-order valence-electron chi connectivity index (χ3n) is 1.88. The van der Waals surface area contributed by atoms with Gasteiger partial charge in [-0.2, -0.15) is 8.78 Å². The molecule has 0 heterocycles. The summed E-state index contributed by atoms with van der Waals surface area (Å²) in [6.45, 7) is -2.06. The highest BCUT2D eigenvalue weighted by Gasteiger charge is 2.10. The molecule has 1 aromatic carbocycles. The molecule has 5 heteroatoms. The van der Waals surface area contributed by atoms with Gasteiger partial charge in [0, 0.05) is 5.56 Å². The Morgan fingerprint density at radius 1 is 1.33 bits per heavy atom. The summed E-state index contributed by atoms with van der Waals surface area (Å²) in [6, 6.07) is 4.92. The lowest BCUT2D eigenvalue weighted by molar-refractivity contribution is -0.643. The van der Waals surface area contributed by atoms with E-state index in [0.717, 1.165) is 12.1 Å². The Hall–Kier alpha value is -1.36. The summed E-state index contributed by atoms with van der Waals surface area (Å²) in [5.74, 6) is 0.391. The fourth-order valence-corrected chi connectivity index (χ4v) is 1.27. The highest BCUT2D eigenvalue weighted by molar-refractivity contribution is 5.42. The van der Waals surface area contributed by atoms with Gasteiger partial charge in [0.2, 0.25) is 0 Å². The van der Waals surface area contributed by atoms with Gasteiger partial charge < -0.3 is 14.8 Å². The number of quaternary nitrogens is 1. The molecule has 0 aliphatic heterocycles. The Bertz CT molecular complexity index is 318. The maximum atomic E-state index is 12.0. The number of methoxy groups -OCH3 is 1. The van der Waals surface area contributed by atoms with Gasteiger partial charge in [-0.3, -0.25) is 0 Å². The zero-order valence-corrected chi connectivity index (χ0v) is 8.67. The van der Waals surface area contributed by atoms with Crippen molar-refractivity contribution in [3.05, 3.63) is 23.8 Å². The van der Waals surface area contributed by atoms with E-state index >= 15 is 0 Å². The normalized spacial score (nSPS) is 10.5. The van der Waals surface area contributed by atoms with Crippen molar-refractivity contribution >= 4 is 0 Å². The highest BCUT2D eigenvalue weighted by Crippen LogP contribution is 2.29. The third kappa shape index (κ3) is 3.36. The van der Waals surface area contributed by atoms with E-state index in [9.17, 15) is 8.78 Å². The number of rotatable bonds is 5. The van der Waals surface area contributed by atoms with Crippen LogP contribution in [-0.2, 0) is 6.54 Å². The fraction of sp³-hybridized carbons (Fsp3) is 0.400. The second-order valence-corrected chi connectivity index (χ2v) is 2.98. The van der Waals surface area contributed by atoms with E-state index in [1.54, 1.807) is 12.1 Å². The van der Waals surface area contributed by atoms with Crippen molar-refractivity contribution < 1.29 is 23.6 Å². The average Bonchev–Trinajstić information content (AvgIpc) is 2.20. The van der Waals surface area contributed by atoms with Gasteiger partial charge in [-0.1, -0.05) is 0 Å². The Kier molecular flexibility index (Phi) is 4.30. The first-order valence-corrected chi connectivity index (χ1v) is 4.57. The van der Waals surface area contributed by atoms with Crippen LogP contribution in [0.4, 0.5) is 8.78 Å². The number of ether oxygens (including phenoxy) is 2. The number of nitrogens with two attached hydrogens (primary N) is 1. The molecule has 1 aromatic rings. The van der Waals surface area contributed by atoms with E-state index in [-0.39, 0.29) is 5.75 Å². The smallest absolute Gasteiger partial charge is 0.387 e. The molecular weight excluding hydrogens is 204 g/mol. The lowest BCUT2D eigenvalue weighted by atomic mass is 10.2. The fourth-order valence-electron chi connectivity index (χ4n) is 1.27. The molecule has 0 atom stereocenters. The molecule has 15 heavy (non-hydrogen) atoms. The van der Waals surface area contributed by atoms with Crippen molar-refractivity contribution in [1.29, 1.82) is 0 Å². The van der Waals surface area contributed by atoms with Gasteiger partial charge in [0.05, 0.1) is 14.2 Å². The van der Waals surface area contributed by atoms with Gasteiger partial charge in [-0.05, 0) is 18.2 Å². The monoisotopic (exact) mass is 218 g/mol. The zero-order valence-electron chi connectivity index (χ0n) is 8.67. The number of halogens is 2. The number of hydrogen-bond acceptors (Lipinski definition) is 2. The maximum Gasteiger partial charge on any atom is 0.387 e. The largest absolute Gasteiger partial charge is 0.493 e. The van der Waals surface area contributed by atoms with E-state index in [1.165, 1.54) is 13.2 Å². The quantitative estimate of drug-likeness (QED) is 0.799. The van der Waals surface area contributed by atoms with Crippen molar-refractivity contribution in [2.45, 2.75) is 13.2 Å². The van der Waals surface area contributed by atoms with Crippen molar-refractivity contribution in [2.24, 2.45) is 0 Å². The van der Waals surface area contributed by atoms with Crippen molar-refractivity contribution in [2.75, 3.05) is 14.2 Å². The highest BCUT2D eigenvalue weighted by atomic mass is 19.3. The molecule has 0 radical (unpaired) electrons. The molecule has 1 rings (SSSR count). The molecule has 3 nitrogen and oxygen atoms in total. The van der Waals surface area contributed by atoms with Crippen molar-refractivity contribution in [3.8, 4) is 11.5 Å². The molecule has 0 aromatic heterocycles. The first-order valence-electron chi connectivity index (χ1n) is 4.57. The van der Waals surface area contributed by atoms with E-state index < -0.39 is 6.61 Å². The summed E-state index contributed by atoms with van der Waals surface area (Å²) in [5.41, 5.74) is 0.996. The number of benzene rings is 1. The standard InChI is InChI=1S/C10H13F2NO2/c1-13-6-7-3-4-8(15-10(11)12)9(5-7)14-2/h3-5,10,13H,6H2,1-2H3/p+1. The Morgan fingerprint density at radius 3 is 2.60 bits per heavy atom. The van der Waals surface area contributed by atoms with Crippen LogP contribution in [0.1, 0.15) is 5.56 Å². The molecule has 0 bridgehead atoms. The van der Waals surface area contributed by atoms with Crippen molar-refractivity contribution in [3.63, 3.8) is 0 Å². The second kappa shape index (κ2) is 5.50. The molecule has 0 fully saturated rings. The van der Waals surface area contributed by atoms with Gasteiger partial charge >= 0.3 is 6.61 Å². The predicted octanol–water partition coefficient (Wildman–Crippen LogP) is 0.990. The number of alkyl halides is 2. The Balaban J connectivity index is 2.88. The van der Waals surface area contributed by atoms with Crippen LogP contribution in [0, 0.1) is 0 Å². The van der Waals surface area contributed by atoms with E-state index in [0.29, 0.717) is 5.75 Å². The summed E-state index contributed by atoms with van der Waals surface area (Å²) >= 11 is 0. The maximum absolute atomic E-state index is 12.0. The topological polar surface area (TPSA) is 35.1 Å². The van der Waals surface area contributed by atoms with Crippen LogP contribution in [0.3, 0.4) is 0 Å².